The number of carbonyl (C=O) groups is 1. The SMILES string of the molecule is Cc1nn(CCc2nnc(SCC(=O)Nc3cc(Cl)ccc3Cl)n2C)c(C)c1[N+](=O)[O-]. The molecule has 1 aromatic carbocycles. The molecule has 0 radical (unpaired) electrons. The summed E-state index contributed by atoms with van der Waals surface area (Å²) in [6, 6.07) is 4.83. The maximum Gasteiger partial charge on any atom is 0.312 e. The Kier molecular flexibility index (Phi) is 7.19. The topological polar surface area (TPSA) is 121 Å². The van der Waals surface area contributed by atoms with Gasteiger partial charge in [-0.3, -0.25) is 19.6 Å². The van der Waals surface area contributed by atoms with Crippen LogP contribution in [0, 0.1) is 24.0 Å². The van der Waals surface area contributed by atoms with Gasteiger partial charge in [-0.15, -0.1) is 10.2 Å². The van der Waals surface area contributed by atoms with Gasteiger partial charge >= 0.3 is 5.69 Å². The summed E-state index contributed by atoms with van der Waals surface area (Å²) in [5, 5.41) is 27.8. The molecule has 0 aliphatic carbocycles. The molecule has 0 aliphatic heterocycles. The lowest BCUT2D eigenvalue weighted by Crippen LogP contribution is -2.15. The van der Waals surface area contributed by atoms with E-state index in [2.05, 4.69) is 20.6 Å². The molecule has 3 aromatic rings. The van der Waals surface area contributed by atoms with Gasteiger partial charge < -0.3 is 9.88 Å². The monoisotopic (exact) mass is 483 g/mol. The lowest BCUT2D eigenvalue weighted by atomic mass is 10.3. The Morgan fingerprint density at radius 2 is 2.03 bits per heavy atom. The second-order valence-corrected chi connectivity index (χ2v) is 8.45. The van der Waals surface area contributed by atoms with Gasteiger partial charge in [0.25, 0.3) is 0 Å². The number of anilines is 1. The Morgan fingerprint density at radius 1 is 1.29 bits per heavy atom. The van der Waals surface area contributed by atoms with Crippen LogP contribution in [0.4, 0.5) is 11.4 Å². The quantitative estimate of drug-likeness (QED) is 0.293. The molecular weight excluding hydrogens is 465 g/mol. The van der Waals surface area contributed by atoms with Crippen LogP contribution in [0.15, 0.2) is 23.4 Å². The highest BCUT2D eigenvalue weighted by Crippen LogP contribution is 2.26. The lowest BCUT2D eigenvalue weighted by molar-refractivity contribution is -0.386. The number of nitrogens with one attached hydrogen (secondary N) is 1. The summed E-state index contributed by atoms with van der Waals surface area (Å²) in [5.41, 5.74) is 1.34. The van der Waals surface area contributed by atoms with Crippen LogP contribution < -0.4 is 5.32 Å². The van der Waals surface area contributed by atoms with Gasteiger partial charge in [0.2, 0.25) is 5.91 Å². The molecule has 0 saturated carbocycles. The normalized spacial score (nSPS) is 11.0. The average Bonchev–Trinajstić information content (AvgIpc) is 3.19. The minimum Gasteiger partial charge on any atom is -0.324 e. The molecule has 0 atom stereocenters. The summed E-state index contributed by atoms with van der Waals surface area (Å²) in [4.78, 5) is 23.0. The summed E-state index contributed by atoms with van der Waals surface area (Å²) in [7, 11) is 1.80. The van der Waals surface area contributed by atoms with Crippen molar-refractivity contribution < 1.29 is 9.72 Å². The number of aryl methyl sites for hydroxylation is 3. The fourth-order valence-corrected chi connectivity index (χ4v) is 4.04. The van der Waals surface area contributed by atoms with Gasteiger partial charge in [0, 0.05) is 25.0 Å². The van der Waals surface area contributed by atoms with Gasteiger partial charge in [-0.1, -0.05) is 35.0 Å². The van der Waals surface area contributed by atoms with E-state index >= 15 is 0 Å². The second kappa shape index (κ2) is 9.67. The highest BCUT2D eigenvalue weighted by molar-refractivity contribution is 7.99. The molecule has 0 unspecified atom stereocenters. The van der Waals surface area contributed by atoms with Crippen LogP contribution in [-0.2, 0) is 24.8 Å². The first-order valence-electron chi connectivity index (χ1n) is 9.11. The van der Waals surface area contributed by atoms with E-state index in [1.54, 1.807) is 48.3 Å². The van der Waals surface area contributed by atoms with Crippen LogP contribution in [0.5, 0.6) is 0 Å². The third-order valence-electron chi connectivity index (χ3n) is 4.53. The maximum atomic E-state index is 12.2. The predicted octanol–water partition coefficient (Wildman–Crippen LogP) is 3.82. The summed E-state index contributed by atoms with van der Waals surface area (Å²) >= 11 is 13.2. The molecule has 0 spiro atoms. The van der Waals surface area contributed by atoms with Crippen molar-refractivity contribution in [3.05, 3.63) is 55.6 Å². The predicted molar refractivity (Wildman–Crippen MR) is 119 cm³/mol. The summed E-state index contributed by atoms with van der Waals surface area (Å²) < 4.78 is 3.38. The molecule has 164 valence electrons. The Hall–Kier alpha value is -2.63. The molecule has 1 amide bonds. The molecule has 0 fully saturated rings. The Labute approximate surface area is 192 Å². The molecule has 0 aliphatic rings. The number of halogens is 2. The van der Waals surface area contributed by atoms with Crippen LogP contribution in [-0.4, -0.2) is 41.1 Å². The minimum atomic E-state index is -0.424. The number of hydrogen-bond donors (Lipinski definition) is 1. The summed E-state index contributed by atoms with van der Waals surface area (Å²) in [5.74, 6) is 0.531. The van der Waals surface area contributed by atoms with E-state index in [-0.39, 0.29) is 17.3 Å². The van der Waals surface area contributed by atoms with Crippen molar-refractivity contribution in [3.63, 3.8) is 0 Å². The molecule has 31 heavy (non-hydrogen) atoms. The number of nitrogens with zero attached hydrogens (tertiary/aromatic N) is 6. The number of amides is 1. The van der Waals surface area contributed by atoms with Crippen molar-refractivity contribution in [2.45, 2.75) is 32.0 Å². The van der Waals surface area contributed by atoms with Crippen molar-refractivity contribution >= 4 is 52.2 Å². The van der Waals surface area contributed by atoms with Crippen molar-refractivity contribution in [1.29, 1.82) is 0 Å². The minimum absolute atomic E-state index is 0.0278. The second-order valence-electron chi connectivity index (χ2n) is 6.67. The third kappa shape index (κ3) is 5.35. The van der Waals surface area contributed by atoms with Gasteiger partial charge in [0.05, 0.1) is 21.4 Å². The first-order chi connectivity index (χ1) is 14.7. The first kappa shape index (κ1) is 23.0. The molecule has 3 rings (SSSR count). The van der Waals surface area contributed by atoms with E-state index in [0.717, 1.165) is 0 Å². The Bertz CT molecular complexity index is 1150. The van der Waals surface area contributed by atoms with Crippen molar-refractivity contribution in [1.82, 2.24) is 24.5 Å². The van der Waals surface area contributed by atoms with E-state index in [9.17, 15) is 14.9 Å². The maximum absolute atomic E-state index is 12.2. The highest BCUT2D eigenvalue weighted by Gasteiger charge is 2.22. The van der Waals surface area contributed by atoms with Gasteiger partial charge in [0.1, 0.15) is 17.2 Å². The van der Waals surface area contributed by atoms with Crippen LogP contribution in [0.25, 0.3) is 0 Å². The van der Waals surface area contributed by atoms with Crippen LogP contribution in [0.3, 0.4) is 0 Å². The number of carbonyl (C=O) groups excluding carboxylic acids is 1. The van der Waals surface area contributed by atoms with Crippen LogP contribution in [0.1, 0.15) is 17.2 Å². The van der Waals surface area contributed by atoms with Gasteiger partial charge in [-0.2, -0.15) is 5.10 Å². The zero-order chi connectivity index (χ0) is 22.7. The molecule has 13 heteroatoms. The number of benzene rings is 1. The molecular formula is C18H19Cl2N7O3S. The number of nitro groups is 1. The molecule has 0 saturated heterocycles. The van der Waals surface area contributed by atoms with Crippen molar-refractivity contribution in [2.75, 3.05) is 11.1 Å². The average molecular weight is 484 g/mol. The first-order valence-corrected chi connectivity index (χ1v) is 10.9. The molecule has 1 N–H and O–H groups in total. The Balaban J connectivity index is 1.59. The number of rotatable bonds is 8. The van der Waals surface area contributed by atoms with Crippen molar-refractivity contribution in [2.24, 2.45) is 7.05 Å². The zero-order valence-electron chi connectivity index (χ0n) is 16.9. The molecule has 2 heterocycles. The van der Waals surface area contributed by atoms with Crippen LogP contribution in [0.2, 0.25) is 10.0 Å². The fourth-order valence-electron chi connectivity index (χ4n) is 2.97. The molecule has 10 nitrogen and oxygen atoms in total. The van der Waals surface area contributed by atoms with E-state index in [4.69, 9.17) is 23.2 Å². The van der Waals surface area contributed by atoms with Gasteiger partial charge in [0.15, 0.2) is 5.16 Å². The standard InChI is InChI=1S/C18H19Cl2N7O3S/c1-10-17(27(29)30)11(2)26(24-10)7-6-15-22-23-18(25(15)3)31-9-16(28)21-14-8-12(19)4-5-13(14)20/h4-5,8H,6-7,9H2,1-3H3,(H,21,28). The van der Waals surface area contributed by atoms with E-state index in [0.29, 0.717) is 51.1 Å². The molecule has 0 bridgehead atoms. The zero-order valence-corrected chi connectivity index (χ0v) is 19.3. The van der Waals surface area contributed by atoms with E-state index < -0.39 is 4.92 Å². The highest BCUT2D eigenvalue weighted by atomic mass is 35.5. The largest absolute Gasteiger partial charge is 0.324 e. The smallest absolute Gasteiger partial charge is 0.312 e. The summed E-state index contributed by atoms with van der Waals surface area (Å²) in [6.07, 6.45) is 0.480. The van der Waals surface area contributed by atoms with Crippen molar-refractivity contribution in [3.8, 4) is 0 Å². The number of aromatic nitrogens is 5. The third-order valence-corrected chi connectivity index (χ3v) is 6.12. The number of thioether (sulfide) groups is 1. The fraction of sp³-hybridized carbons (Fsp3) is 0.333. The van der Waals surface area contributed by atoms with E-state index in [1.165, 1.54) is 11.8 Å². The summed E-state index contributed by atoms with van der Waals surface area (Å²) in [6.45, 7) is 3.70. The lowest BCUT2D eigenvalue weighted by Gasteiger charge is -2.08. The number of hydrogen-bond acceptors (Lipinski definition) is 7. The Morgan fingerprint density at radius 3 is 2.71 bits per heavy atom. The van der Waals surface area contributed by atoms with E-state index in [1.807, 2.05) is 0 Å². The molecule has 2 aromatic heterocycles. The van der Waals surface area contributed by atoms with Gasteiger partial charge in [-0.05, 0) is 32.0 Å². The van der Waals surface area contributed by atoms with Gasteiger partial charge in [-0.25, -0.2) is 0 Å². The van der Waals surface area contributed by atoms with Crippen LogP contribution >= 0.6 is 35.0 Å².